The quantitative estimate of drug-likeness (QED) is 0.262. The summed E-state index contributed by atoms with van der Waals surface area (Å²) >= 11 is 6.28. The predicted octanol–water partition coefficient (Wildman–Crippen LogP) is 5.18. The van der Waals surface area contributed by atoms with Crippen LogP contribution < -0.4 is 10.0 Å². The zero-order chi connectivity index (χ0) is 25.8. The number of carbonyl (C=O) groups excluding carboxylic acids is 1. The summed E-state index contributed by atoms with van der Waals surface area (Å²) in [7, 11) is 0. The largest absolute Gasteiger partial charge is 0.607 e. The fourth-order valence-electron chi connectivity index (χ4n) is 3.01. The second-order valence-corrected chi connectivity index (χ2v) is 9.95. The Bertz CT molecular complexity index is 1160. The zero-order valence-electron chi connectivity index (χ0n) is 20.6. The van der Waals surface area contributed by atoms with Crippen molar-refractivity contribution in [2.75, 3.05) is 4.90 Å². The highest BCUT2D eigenvalue weighted by atomic mass is 35.5. The van der Waals surface area contributed by atoms with Crippen molar-refractivity contribution in [3.05, 3.63) is 77.7 Å². The molecule has 0 amide bonds. The predicted molar refractivity (Wildman–Crippen MR) is 133 cm³/mol. The Kier molecular flexibility index (Phi) is 7.65. The highest BCUT2D eigenvalue weighted by molar-refractivity contribution is 6.28. The molecule has 0 bridgehead atoms. The number of rotatable bonds is 6. The molecule has 1 heterocycles. The summed E-state index contributed by atoms with van der Waals surface area (Å²) in [5.41, 5.74) is -0.735. The van der Waals surface area contributed by atoms with E-state index in [2.05, 4.69) is 15.0 Å². The smallest absolute Gasteiger partial charge is 0.344 e. The van der Waals surface area contributed by atoms with E-state index in [9.17, 15) is 9.90 Å². The van der Waals surface area contributed by atoms with Gasteiger partial charge in [-0.2, -0.15) is 15.0 Å². The van der Waals surface area contributed by atoms with Crippen LogP contribution in [0.3, 0.4) is 0 Å². The van der Waals surface area contributed by atoms with Gasteiger partial charge in [0, 0.05) is 17.0 Å². The number of benzene rings is 2. The van der Waals surface area contributed by atoms with Gasteiger partial charge < -0.3 is 14.6 Å². The molecular weight excluding hydrogens is 468 g/mol. The highest BCUT2D eigenvalue weighted by Gasteiger charge is 2.28. The number of esters is 1. The van der Waals surface area contributed by atoms with Crippen LogP contribution in [-0.4, -0.2) is 32.1 Å². The molecule has 2 aromatic carbocycles. The van der Waals surface area contributed by atoms with Gasteiger partial charge in [-0.1, -0.05) is 57.2 Å². The Morgan fingerprint density at radius 1 is 0.800 bits per heavy atom. The van der Waals surface area contributed by atoms with Crippen molar-refractivity contribution in [1.29, 1.82) is 0 Å². The number of para-hydroxylation sites is 2. The Balaban J connectivity index is 2.22. The minimum atomic E-state index is -0.925. The molecule has 0 aliphatic rings. The Morgan fingerprint density at radius 3 is 1.74 bits per heavy atom. The molecule has 9 heteroatoms. The van der Waals surface area contributed by atoms with Gasteiger partial charge in [0.25, 0.3) is 0 Å². The lowest BCUT2D eigenvalue weighted by Gasteiger charge is -2.32. The van der Waals surface area contributed by atoms with E-state index < -0.39 is 28.7 Å². The zero-order valence-corrected chi connectivity index (χ0v) is 21.3. The molecule has 1 aromatic heterocycles. The molecule has 0 saturated heterocycles. The second kappa shape index (κ2) is 10.3. The molecule has 8 nitrogen and oxygen atoms in total. The van der Waals surface area contributed by atoms with Crippen LogP contribution in [0.4, 0.5) is 17.3 Å². The van der Waals surface area contributed by atoms with Crippen LogP contribution in [0, 0.1) is 0 Å². The van der Waals surface area contributed by atoms with E-state index in [-0.39, 0.29) is 17.1 Å². The van der Waals surface area contributed by atoms with Gasteiger partial charge in [0.2, 0.25) is 11.2 Å². The highest BCUT2D eigenvalue weighted by Crippen LogP contribution is 2.33. The first kappa shape index (κ1) is 26.0. The number of nitrogens with zero attached hydrogens (tertiary/aromatic N) is 4. The molecule has 0 aliphatic heterocycles. The molecule has 0 radical (unpaired) electrons. The van der Waals surface area contributed by atoms with Gasteiger partial charge >= 0.3 is 5.97 Å². The number of carbonyl (C=O) groups is 1. The average molecular weight is 496 g/mol. The van der Waals surface area contributed by atoms with E-state index in [1.54, 1.807) is 46.4 Å². The van der Waals surface area contributed by atoms with Crippen molar-refractivity contribution in [1.82, 2.24) is 15.0 Å². The molecule has 3 aromatic rings. The van der Waals surface area contributed by atoms with E-state index in [0.717, 1.165) is 11.4 Å². The Labute approximate surface area is 210 Å². The van der Waals surface area contributed by atoms with E-state index in [0.29, 0.717) is 0 Å². The van der Waals surface area contributed by atoms with Gasteiger partial charge in [-0.05, 0) is 56.6 Å². The summed E-state index contributed by atoms with van der Waals surface area (Å²) in [6, 6.07) is 18.7. The molecule has 0 saturated carbocycles. The normalized spacial score (nSPS) is 12.5. The van der Waals surface area contributed by atoms with Gasteiger partial charge in [-0.15, -0.1) is 0 Å². The number of halogens is 1. The number of anilines is 3. The van der Waals surface area contributed by atoms with Gasteiger partial charge in [0.1, 0.15) is 11.2 Å². The van der Waals surface area contributed by atoms with Crippen LogP contribution in [0.15, 0.2) is 66.6 Å². The monoisotopic (exact) mass is 495 g/mol. The van der Waals surface area contributed by atoms with E-state index in [4.69, 9.17) is 21.1 Å². The first-order chi connectivity index (χ1) is 16.3. The van der Waals surface area contributed by atoms with Crippen molar-refractivity contribution < 1.29 is 19.4 Å². The maximum Gasteiger partial charge on any atom is 0.344 e. The topological polar surface area (TPSA) is 100 Å². The number of ether oxygens (including phenoxy) is 2. The third kappa shape index (κ3) is 7.16. The minimum absolute atomic E-state index is 0.113. The fraction of sp³-hybridized carbons (Fsp3) is 0.308. The molecule has 184 valence electrons. The average Bonchev–Trinajstić information content (AvgIpc) is 2.73. The van der Waals surface area contributed by atoms with E-state index in [1.165, 1.54) is 0 Å². The Morgan fingerprint density at radius 2 is 1.29 bits per heavy atom. The standard InChI is InChI=1S/C26H29ClN4O4/c1-25(2,3)34-21(32)19(22(33)35-26(4,5)6)20-28-23(27)30-24(29-20)31(17-13-9-7-10-14-17)18-15-11-8-12-16-18/h7-16,32H,1-6H3/p-1/b21-19-. The Hall–Kier alpha value is -3.65. The van der Waals surface area contributed by atoms with Gasteiger partial charge in [-0.25, -0.2) is 4.79 Å². The second-order valence-electron chi connectivity index (χ2n) is 9.61. The molecule has 0 fully saturated rings. The summed E-state index contributed by atoms with van der Waals surface area (Å²) < 4.78 is 10.9. The van der Waals surface area contributed by atoms with Gasteiger partial charge in [0.05, 0.1) is 5.95 Å². The maximum absolute atomic E-state index is 13.1. The molecule has 0 N–H and O–H groups in total. The molecule has 35 heavy (non-hydrogen) atoms. The first-order valence-corrected chi connectivity index (χ1v) is 11.4. The maximum atomic E-state index is 13.1. The minimum Gasteiger partial charge on any atom is -0.607 e. The third-order valence-electron chi connectivity index (χ3n) is 4.25. The molecule has 0 unspecified atom stereocenters. The lowest BCUT2D eigenvalue weighted by atomic mass is 10.1. The summed E-state index contributed by atoms with van der Waals surface area (Å²) in [4.78, 5) is 27.7. The van der Waals surface area contributed by atoms with Crippen molar-refractivity contribution in [2.24, 2.45) is 0 Å². The molecule has 0 spiro atoms. The van der Waals surface area contributed by atoms with Gasteiger partial charge in [-0.3, -0.25) is 4.90 Å². The SMILES string of the molecule is CC(C)(C)OC(=O)/C(=C(/[O-])OC(C)(C)C)c1nc(Cl)nc(N(c2ccccc2)c2ccccc2)n1. The number of aromatic nitrogens is 3. The van der Waals surface area contributed by atoms with Crippen LogP contribution in [0.25, 0.3) is 5.57 Å². The van der Waals surface area contributed by atoms with Crippen molar-refractivity contribution in [3.8, 4) is 0 Å². The third-order valence-corrected chi connectivity index (χ3v) is 4.42. The van der Waals surface area contributed by atoms with Crippen molar-refractivity contribution in [3.63, 3.8) is 0 Å². The summed E-state index contributed by atoms with van der Waals surface area (Å²) in [5.74, 6) is -1.99. The summed E-state index contributed by atoms with van der Waals surface area (Å²) in [6.45, 7) is 10.1. The molecular formula is C26H28ClN4O4-. The van der Waals surface area contributed by atoms with Crippen LogP contribution in [0.2, 0.25) is 5.28 Å². The van der Waals surface area contributed by atoms with E-state index >= 15 is 0 Å². The van der Waals surface area contributed by atoms with Crippen LogP contribution in [0.5, 0.6) is 0 Å². The fourth-order valence-corrected chi connectivity index (χ4v) is 3.17. The van der Waals surface area contributed by atoms with Crippen LogP contribution in [-0.2, 0) is 14.3 Å². The van der Waals surface area contributed by atoms with Crippen LogP contribution in [0.1, 0.15) is 47.4 Å². The van der Waals surface area contributed by atoms with Crippen molar-refractivity contribution >= 4 is 40.5 Å². The van der Waals surface area contributed by atoms with Crippen molar-refractivity contribution in [2.45, 2.75) is 52.7 Å². The number of hydrogen-bond acceptors (Lipinski definition) is 8. The molecule has 0 aliphatic carbocycles. The van der Waals surface area contributed by atoms with Crippen LogP contribution >= 0.6 is 11.6 Å². The molecule has 3 rings (SSSR count). The van der Waals surface area contributed by atoms with Gasteiger partial charge in [0.15, 0.2) is 5.82 Å². The lowest BCUT2D eigenvalue weighted by Crippen LogP contribution is -2.30. The molecule has 0 atom stereocenters. The first-order valence-electron chi connectivity index (χ1n) is 11.0. The number of hydrogen-bond donors (Lipinski definition) is 0. The van der Waals surface area contributed by atoms with E-state index in [1.807, 2.05) is 60.7 Å². The summed E-state index contributed by atoms with van der Waals surface area (Å²) in [5, 5.41) is 12.9. The summed E-state index contributed by atoms with van der Waals surface area (Å²) in [6.07, 6.45) is 0. The lowest BCUT2D eigenvalue weighted by molar-refractivity contribution is -0.367.